The molecule has 0 fully saturated rings. The lowest BCUT2D eigenvalue weighted by molar-refractivity contribution is -0.126. The first kappa shape index (κ1) is 15.2. The molecule has 0 amide bonds. The molecule has 2 atom stereocenters. The molecule has 0 aromatic carbocycles. The lowest BCUT2D eigenvalue weighted by atomic mass is 9.73. The van der Waals surface area contributed by atoms with Gasteiger partial charge in [0.2, 0.25) is 0 Å². The molecule has 0 heterocycles. The van der Waals surface area contributed by atoms with E-state index in [0.717, 1.165) is 0 Å². The summed E-state index contributed by atoms with van der Waals surface area (Å²) < 4.78 is 0. The summed E-state index contributed by atoms with van der Waals surface area (Å²) in [6, 6.07) is -0.0332. The van der Waals surface area contributed by atoms with Gasteiger partial charge >= 0.3 is 0 Å². The van der Waals surface area contributed by atoms with Gasteiger partial charge in [0.15, 0.2) is 11.9 Å². The van der Waals surface area contributed by atoms with E-state index in [1.807, 2.05) is 20.8 Å². The van der Waals surface area contributed by atoms with Crippen LogP contribution in [0.15, 0.2) is 11.3 Å². The van der Waals surface area contributed by atoms with Crippen molar-refractivity contribution in [3.05, 3.63) is 11.3 Å². The Morgan fingerprint density at radius 1 is 1.28 bits per heavy atom. The van der Waals surface area contributed by atoms with Crippen LogP contribution in [-0.4, -0.2) is 29.6 Å². The first-order chi connectivity index (χ1) is 7.96. The van der Waals surface area contributed by atoms with Crippen molar-refractivity contribution in [2.24, 2.45) is 16.6 Å². The number of nitrogens with one attached hydrogen (secondary N) is 1. The van der Waals surface area contributed by atoms with Crippen LogP contribution in [0.5, 0.6) is 0 Å². The smallest absolute Gasteiger partial charge is 0.195 e. The van der Waals surface area contributed by atoms with Crippen LogP contribution in [-0.2, 0) is 4.79 Å². The summed E-state index contributed by atoms with van der Waals surface area (Å²) in [4.78, 5) is 11.7. The van der Waals surface area contributed by atoms with Gasteiger partial charge < -0.3 is 16.2 Å². The Labute approximate surface area is 110 Å². The van der Waals surface area contributed by atoms with Gasteiger partial charge in [0.1, 0.15) is 0 Å². The first-order valence-electron chi connectivity index (χ1n) is 6.42. The normalized spacial score (nSPS) is 22.9. The van der Waals surface area contributed by atoms with Gasteiger partial charge in [-0.25, -0.2) is 0 Å². The zero-order valence-corrected chi connectivity index (χ0v) is 12.3. The fourth-order valence-electron chi connectivity index (χ4n) is 1.94. The Morgan fingerprint density at radius 3 is 2.17 bits per heavy atom. The fourth-order valence-corrected chi connectivity index (χ4v) is 1.94. The van der Waals surface area contributed by atoms with Gasteiger partial charge in [-0.05, 0) is 10.8 Å². The van der Waals surface area contributed by atoms with Crippen LogP contribution in [0.2, 0.25) is 0 Å². The first-order valence-corrected chi connectivity index (χ1v) is 6.42. The van der Waals surface area contributed by atoms with E-state index in [-0.39, 0.29) is 22.7 Å². The van der Waals surface area contributed by atoms with Gasteiger partial charge in [0.25, 0.3) is 0 Å². The molecular weight excluding hydrogens is 228 g/mol. The Hall–Kier alpha value is -0.870. The molecular formula is C14H26N2O2. The quantitative estimate of drug-likeness (QED) is 0.707. The van der Waals surface area contributed by atoms with Crippen molar-refractivity contribution in [2.75, 3.05) is 6.54 Å². The molecule has 0 saturated heterocycles. The number of aliphatic hydroxyl groups is 1. The molecule has 4 heteroatoms. The average Bonchev–Trinajstić information content (AvgIpc) is 2.18. The van der Waals surface area contributed by atoms with Crippen LogP contribution in [0.3, 0.4) is 0 Å². The second kappa shape index (κ2) is 4.67. The van der Waals surface area contributed by atoms with Gasteiger partial charge in [-0.3, -0.25) is 4.79 Å². The topological polar surface area (TPSA) is 75.3 Å². The second-order valence-corrected chi connectivity index (χ2v) is 7.16. The number of rotatable bonds is 3. The third kappa shape index (κ3) is 2.93. The standard InChI is InChI=1S/C14H26N2O2/c1-13(2,3)8(15)7-16-10-9(14(4,5)6)11(17)12(10)18/h8,12,16,18H,7,15H2,1-6H3. The van der Waals surface area contributed by atoms with Crippen molar-refractivity contribution in [1.82, 2.24) is 5.32 Å². The number of carbonyl (C=O) groups is 1. The Balaban J connectivity index is 2.78. The summed E-state index contributed by atoms with van der Waals surface area (Å²) in [6.07, 6.45) is -0.994. The fraction of sp³-hybridized carbons (Fsp3) is 0.786. The highest BCUT2D eigenvalue weighted by Gasteiger charge is 2.43. The second-order valence-electron chi connectivity index (χ2n) is 7.16. The lowest BCUT2D eigenvalue weighted by Crippen LogP contribution is -2.51. The van der Waals surface area contributed by atoms with Gasteiger partial charge in [0.05, 0.1) is 5.70 Å². The average molecular weight is 254 g/mol. The highest BCUT2D eigenvalue weighted by atomic mass is 16.3. The third-order valence-corrected chi connectivity index (χ3v) is 3.41. The third-order valence-electron chi connectivity index (χ3n) is 3.41. The molecule has 4 N–H and O–H groups in total. The zero-order valence-electron chi connectivity index (χ0n) is 12.3. The van der Waals surface area contributed by atoms with Crippen molar-refractivity contribution in [3.63, 3.8) is 0 Å². The molecule has 4 nitrogen and oxygen atoms in total. The monoisotopic (exact) mass is 254 g/mol. The van der Waals surface area contributed by atoms with Gasteiger partial charge in [0, 0.05) is 18.2 Å². The summed E-state index contributed by atoms with van der Waals surface area (Å²) in [7, 11) is 0. The van der Waals surface area contributed by atoms with Crippen LogP contribution in [0.1, 0.15) is 41.5 Å². The molecule has 2 unspecified atom stereocenters. The van der Waals surface area contributed by atoms with Crippen molar-refractivity contribution >= 4 is 5.78 Å². The minimum atomic E-state index is -0.994. The van der Waals surface area contributed by atoms with Crippen LogP contribution in [0.4, 0.5) is 0 Å². The molecule has 0 bridgehead atoms. The number of nitrogens with two attached hydrogens (primary N) is 1. The largest absolute Gasteiger partial charge is 0.384 e. The predicted octanol–water partition coefficient (Wildman–Crippen LogP) is 1.19. The van der Waals surface area contributed by atoms with Crippen LogP contribution in [0, 0.1) is 10.8 Å². The minimum absolute atomic E-state index is 0.00579. The zero-order chi connectivity index (χ0) is 14.3. The molecule has 0 saturated carbocycles. The maximum absolute atomic E-state index is 11.7. The van der Waals surface area contributed by atoms with Crippen LogP contribution in [0.25, 0.3) is 0 Å². The number of hydrogen-bond donors (Lipinski definition) is 3. The van der Waals surface area contributed by atoms with Gasteiger partial charge in [-0.15, -0.1) is 0 Å². The molecule has 1 rings (SSSR count). The van der Waals surface area contributed by atoms with E-state index in [1.54, 1.807) is 0 Å². The molecule has 1 aliphatic carbocycles. The van der Waals surface area contributed by atoms with E-state index >= 15 is 0 Å². The van der Waals surface area contributed by atoms with Crippen molar-refractivity contribution < 1.29 is 9.90 Å². The van der Waals surface area contributed by atoms with Crippen LogP contribution < -0.4 is 11.1 Å². The summed E-state index contributed by atoms with van der Waals surface area (Å²) in [6.45, 7) is 12.7. The van der Waals surface area contributed by atoms with Crippen molar-refractivity contribution in [3.8, 4) is 0 Å². The Bertz CT molecular complexity index is 372. The maximum Gasteiger partial charge on any atom is 0.195 e. The SMILES string of the molecule is CC(C)(C)C1=C(NCC(N)C(C)(C)C)C(O)C1=O. The van der Waals surface area contributed by atoms with E-state index in [1.165, 1.54) is 0 Å². The highest BCUT2D eigenvalue weighted by molar-refractivity contribution is 6.09. The van der Waals surface area contributed by atoms with Crippen LogP contribution >= 0.6 is 0 Å². The number of aliphatic hydroxyl groups excluding tert-OH is 1. The summed E-state index contributed by atoms with van der Waals surface area (Å²) >= 11 is 0. The molecule has 0 spiro atoms. The number of ketones is 1. The van der Waals surface area contributed by atoms with E-state index in [9.17, 15) is 9.90 Å². The molecule has 0 aromatic rings. The molecule has 0 aliphatic heterocycles. The Morgan fingerprint density at radius 2 is 1.78 bits per heavy atom. The summed E-state index contributed by atoms with van der Waals surface area (Å²) in [5.41, 5.74) is 7.15. The summed E-state index contributed by atoms with van der Waals surface area (Å²) in [5, 5.41) is 12.9. The van der Waals surface area contributed by atoms with E-state index in [2.05, 4.69) is 26.1 Å². The molecule has 0 aromatic heterocycles. The number of Topliss-reactive ketones (excluding diaryl/α,β-unsaturated/α-hetero) is 1. The van der Waals surface area contributed by atoms with Gasteiger partial charge in [-0.1, -0.05) is 41.5 Å². The summed E-state index contributed by atoms with van der Waals surface area (Å²) in [5.74, 6) is -0.172. The van der Waals surface area contributed by atoms with E-state index in [4.69, 9.17) is 5.73 Å². The highest BCUT2D eigenvalue weighted by Crippen LogP contribution is 2.37. The van der Waals surface area contributed by atoms with Crippen molar-refractivity contribution in [2.45, 2.75) is 53.7 Å². The van der Waals surface area contributed by atoms with E-state index in [0.29, 0.717) is 17.8 Å². The lowest BCUT2D eigenvalue weighted by Gasteiger charge is -2.38. The molecule has 104 valence electrons. The maximum atomic E-state index is 11.7. The molecule has 18 heavy (non-hydrogen) atoms. The molecule has 0 radical (unpaired) electrons. The molecule has 1 aliphatic rings. The minimum Gasteiger partial charge on any atom is -0.384 e. The van der Waals surface area contributed by atoms with Gasteiger partial charge in [-0.2, -0.15) is 0 Å². The predicted molar refractivity (Wildman–Crippen MR) is 72.9 cm³/mol. The van der Waals surface area contributed by atoms with E-state index < -0.39 is 6.10 Å². The van der Waals surface area contributed by atoms with Crippen molar-refractivity contribution in [1.29, 1.82) is 0 Å². The number of carbonyl (C=O) groups excluding carboxylic acids is 1. The number of hydrogen-bond acceptors (Lipinski definition) is 4. The Kier molecular flexibility index (Phi) is 3.94.